The third-order valence-electron chi connectivity index (χ3n) is 6.84. The molecule has 2 aromatic rings. The Kier molecular flexibility index (Phi) is 4.37. The van der Waals surface area contributed by atoms with Crippen LogP contribution in [-0.2, 0) is 9.59 Å². The normalized spacial score (nSPS) is 22.4. The van der Waals surface area contributed by atoms with E-state index >= 15 is 0 Å². The van der Waals surface area contributed by atoms with E-state index in [0.29, 0.717) is 50.4 Å². The summed E-state index contributed by atoms with van der Waals surface area (Å²) < 4.78 is 2.15. The van der Waals surface area contributed by atoms with Crippen LogP contribution in [0.25, 0.3) is 11.2 Å². The molecule has 0 atom stereocenters. The first-order valence-electron chi connectivity index (χ1n) is 10.5. The molecule has 3 amide bonds. The van der Waals surface area contributed by atoms with Gasteiger partial charge < -0.3 is 9.47 Å². The van der Waals surface area contributed by atoms with Crippen molar-refractivity contribution < 1.29 is 14.4 Å². The number of piperidine rings is 2. The molecule has 29 heavy (non-hydrogen) atoms. The molecule has 2 saturated heterocycles. The van der Waals surface area contributed by atoms with Crippen molar-refractivity contribution in [3.8, 4) is 0 Å². The van der Waals surface area contributed by atoms with Gasteiger partial charge in [0, 0.05) is 38.2 Å². The fourth-order valence-electron chi connectivity index (χ4n) is 5.19. The number of aromatic nitrogens is 3. The lowest BCUT2D eigenvalue weighted by molar-refractivity contribution is -0.139. The van der Waals surface area contributed by atoms with Crippen molar-refractivity contribution in [1.82, 2.24) is 24.8 Å². The summed E-state index contributed by atoms with van der Waals surface area (Å²) in [5.41, 5.74) is 1.85. The molecule has 3 aliphatic rings. The Bertz CT molecular complexity index is 965. The van der Waals surface area contributed by atoms with Crippen molar-refractivity contribution in [2.24, 2.45) is 5.41 Å². The van der Waals surface area contributed by atoms with E-state index in [2.05, 4.69) is 19.9 Å². The maximum Gasteiger partial charge on any atom is 0.255 e. The van der Waals surface area contributed by atoms with Crippen LogP contribution in [0.2, 0.25) is 0 Å². The second-order valence-corrected chi connectivity index (χ2v) is 8.77. The van der Waals surface area contributed by atoms with Gasteiger partial charge in [0.1, 0.15) is 5.52 Å². The largest absolute Gasteiger partial charge is 0.339 e. The van der Waals surface area contributed by atoms with E-state index in [0.717, 1.165) is 24.0 Å². The summed E-state index contributed by atoms with van der Waals surface area (Å²) in [4.78, 5) is 47.4. The lowest BCUT2D eigenvalue weighted by Crippen LogP contribution is -2.50. The smallest absolute Gasteiger partial charge is 0.255 e. The van der Waals surface area contributed by atoms with Crippen LogP contribution in [-0.4, -0.2) is 50.2 Å². The van der Waals surface area contributed by atoms with Gasteiger partial charge in [0.05, 0.1) is 11.9 Å². The number of hydrogen-bond acceptors (Lipinski definition) is 5. The number of likely N-dealkylation sites (tertiary alicyclic amines) is 1. The van der Waals surface area contributed by atoms with Crippen molar-refractivity contribution in [3.63, 3.8) is 0 Å². The number of nitrogens with one attached hydrogen (secondary N) is 1. The van der Waals surface area contributed by atoms with Gasteiger partial charge in [0.25, 0.3) is 5.91 Å². The molecule has 1 N–H and O–H groups in total. The van der Waals surface area contributed by atoms with E-state index < -0.39 is 0 Å². The molecule has 0 unspecified atom stereocenters. The number of hydrogen-bond donors (Lipinski definition) is 1. The highest BCUT2D eigenvalue weighted by atomic mass is 16.2. The van der Waals surface area contributed by atoms with Gasteiger partial charge in [0.15, 0.2) is 5.65 Å². The highest BCUT2D eigenvalue weighted by molar-refractivity contribution is 5.99. The van der Waals surface area contributed by atoms with Crippen LogP contribution in [0.4, 0.5) is 0 Å². The van der Waals surface area contributed by atoms with E-state index in [1.165, 1.54) is 12.8 Å². The van der Waals surface area contributed by atoms with Crippen LogP contribution in [0.1, 0.15) is 67.8 Å². The van der Waals surface area contributed by atoms with Gasteiger partial charge in [-0.25, -0.2) is 9.97 Å². The highest BCUT2D eigenvalue weighted by Crippen LogP contribution is 2.40. The second-order valence-electron chi connectivity index (χ2n) is 8.77. The molecule has 1 aliphatic carbocycles. The predicted octanol–water partition coefficient (Wildman–Crippen LogP) is 2.21. The fraction of sp³-hybridized carbons (Fsp3) is 0.571. The minimum atomic E-state index is -0.293. The Hall–Kier alpha value is -2.77. The van der Waals surface area contributed by atoms with Crippen molar-refractivity contribution in [1.29, 1.82) is 0 Å². The Balaban J connectivity index is 1.30. The van der Waals surface area contributed by atoms with E-state index in [1.807, 2.05) is 12.4 Å². The third kappa shape index (κ3) is 3.30. The number of pyridine rings is 1. The monoisotopic (exact) mass is 395 g/mol. The quantitative estimate of drug-likeness (QED) is 0.787. The molecule has 1 saturated carbocycles. The van der Waals surface area contributed by atoms with Crippen molar-refractivity contribution in [2.45, 2.75) is 57.4 Å². The van der Waals surface area contributed by atoms with Gasteiger partial charge in [0.2, 0.25) is 11.8 Å². The molecule has 2 aliphatic heterocycles. The summed E-state index contributed by atoms with van der Waals surface area (Å²) >= 11 is 0. The SMILES string of the molecule is O=C1CC2(CCN(C(=O)c3cnc4c(c3)ncn4C3CCCC3)CC2)CC(=O)N1. The molecule has 2 aromatic heterocycles. The van der Waals surface area contributed by atoms with Gasteiger partial charge in [-0.15, -0.1) is 0 Å². The first kappa shape index (κ1) is 18.3. The van der Waals surface area contributed by atoms with E-state index in [4.69, 9.17) is 0 Å². The third-order valence-corrected chi connectivity index (χ3v) is 6.84. The number of fused-ring (bicyclic) bond motifs is 1. The summed E-state index contributed by atoms with van der Waals surface area (Å²) in [5.74, 6) is -0.460. The molecule has 0 bridgehead atoms. The minimum absolute atomic E-state index is 0.0590. The molecule has 3 fully saturated rings. The van der Waals surface area contributed by atoms with Gasteiger partial charge in [-0.2, -0.15) is 0 Å². The zero-order valence-corrected chi connectivity index (χ0v) is 16.4. The number of carbonyl (C=O) groups is 3. The molecule has 5 rings (SSSR count). The molecular formula is C21H25N5O3. The number of carbonyl (C=O) groups excluding carboxylic acids is 3. The Morgan fingerprint density at radius 1 is 1.07 bits per heavy atom. The number of imidazole rings is 1. The highest BCUT2D eigenvalue weighted by Gasteiger charge is 2.42. The first-order chi connectivity index (χ1) is 14.0. The number of nitrogens with zero attached hydrogens (tertiary/aromatic N) is 4. The van der Waals surface area contributed by atoms with E-state index in [1.54, 1.807) is 11.1 Å². The average molecular weight is 395 g/mol. The maximum absolute atomic E-state index is 13.0. The van der Waals surface area contributed by atoms with Gasteiger partial charge in [-0.1, -0.05) is 12.8 Å². The topological polar surface area (TPSA) is 97.2 Å². The van der Waals surface area contributed by atoms with Gasteiger partial charge in [-0.3, -0.25) is 19.7 Å². The number of imide groups is 1. The van der Waals surface area contributed by atoms with Gasteiger partial charge >= 0.3 is 0 Å². The molecular weight excluding hydrogens is 370 g/mol. The molecule has 8 heteroatoms. The van der Waals surface area contributed by atoms with E-state index in [9.17, 15) is 14.4 Å². The molecule has 152 valence electrons. The number of amides is 3. The summed E-state index contributed by atoms with van der Waals surface area (Å²) in [6.07, 6.45) is 10.4. The summed E-state index contributed by atoms with van der Waals surface area (Å²) in [5, 5.41) is 2.37. The fourth-order valence-corrected chi connectivity index (χ4v) is 5.19. The summed E-state index contributed by atoms with van der Waals surface area (Å²) in [7, 11) is 0. The molecule has 4 heterocycles. The second kappa shape index (κ2) is 6.93. The van der Waals surface area contributed by atoms with Crippen LogP contribution in [0.5, 0.6) is 0 Å². The lowest BCUT2D eigenvalue weighted by atomic mass is 9.71. The Morgan fingerprint density at radius 2 is 1.76 bits per heavy atom. The Morgan fingerprint density at radius 3 is 2.45 bits per heavy atom. The summed E-state index contributed by atoms with van der Waals surface area (Å²) in [6, 6.07) is 2.29. The van der Waals surface area contributed by atoms with Crippen LogP contribution >= 0.6 is 0 Å². The summed E-state index contributed by atoms with van der Waals surface area (Å²) in [6.45, 7) is 1.10. The van der Waals surface area contributed by atoms with Crippen molar-refractivity contribution >= 4 is 28.9 Å². The molecule has 8 nitrogen and oxygen atoms in total. The first-order valence-corrected chi connectivity index (χ1v) is 10.5. The average Bonchev–Trinajstić information content (AvgIpc) is 3.36. The number of rotatable bonds is 2. The predicted molar refractivity (Wildman–Crippen MR) is 105 cm³/mol. The molecule has 1 spiro atoms. The Labute approximate surface area is 168 Å². The standard InChI is InChI=1S/C21H25N5O3/c27-17-10-21(11-18(28)24-17)5-7-25(8-6-21)20(29)14-9-16-19(22-12-14)26(13-23-16)15-3-1-2-4-15/h9,12-13,15H,1-8,10-11H2,(H,24,27,28). The van der Waals surface area contributed by atoms with Crippen LogP contribution in [0.15, 0.2) is 18.6 Å². The van der Waals surface area contributed by atoms with E-state index in [-0.39, 0.29) is 23.1 Å². The van der Waals surface area contributed by atoms with Crippen LogP contribution in [0, 0.1) is 5.41 Å². The molecule has 0 radical (unpaired) electrons. The maximum atomic E-state index is 13.0. The van der Waals surface area contributed by atoms with Crippen molar-refractivity contribution in [2.75, 3.05) is 13.1 Å². The molecule has 0 aromatic carbocycles. The lowest BCUT2D eigenvalue weighted by Gasteiger charge is -2.43. The zero-order valence-electron chi connectivity index (χ0n) is 16.4. The zero-order chi connectivity index (χ0) is 20.0. The van der Waals surface area contributed by atoms with Gasteiger partial charge in [-0.05, 0) is 37.2 Å². The van der Waals surface area contributed by atoms with Crippen LogP contribution in [0.3, 0.4) is 0 Å². The minimum Gasteiger partial charge on any atom is -0.339 e. The van der Waals surface area contributed by atoms with Crippen molar-refractivity contribution in [3.05, 3.63) is 24.2 Å². The van der Waals surface area contributed by atoms with Crippen LogP contribution < -0.4 is 5.32 Å².